The molecule has 0 aromatic heterocycles. The third-order valence-corrected chi connectivity index (χ3v) is 3.93. The number of aliphatic imine (C=N–C) groups is 1. The van der Waals surface area contributed by atoms with Crippen molar-refractivity contribution in [1.29, 1.82) is 0 Å². The number of nitrogens with zero attached hydrogens (tertiary/aromatic N) is 2. The van der Waals surface area contributed by atoms with Crippen molar-refractivity contribution in [3.8, 4) is 0 Å². The molecule has 2 rings (SSSR count). The Bertz CT molecular complexity index is 492. The van der Waals surface area contributed by atoms with Crippen LogP contribution in [-0.4, -0.2) is 30.5 Å². The summed E-state index contributed by atoms with van der Waals surface area (Å²) in [6.45, 7) is 5.14. The second kappa shape index (κ2) is 6.04. The van der Waals surface area contributed by atoms with Crippen molar-refractivity contribution < 1.29 is 0 Å². The van der Waals surface area contributed by atoms with E-state index < -0.39 is 0 Å². The van der Waals surface area contributed by atoms with Crippen LogP contribution in [0, 0.1) is 5.41 Å². The average Bonchev–Trinajstić information content (AvgIpc) is 3.19. The Hall–Kier alpha value is -1.22. The maximum absolute atomic E-state index is 6.04. The lowest BCUT2D eigenvalue weighted by atomic mass is 9.86. The van der Waals surface area contributed by atoms with E-state index in [2.05, 4.69) is 29.8 Å². The van der Waals surface area contributed by atoms with Gasteiger partial charge in [-0.1, -0.05) is 37.6 Å². The van der Waals surface area contributed by atoms with E-state index in [1.165, 1.54) is 18.4 Å². The van der Waals surface area contributed by atoms with Gasteiger partial charge in [-0.2, -0.15) is 0 Å². The molecule has 0 heterocycles. The summed E-state index contributed by atoms with van der Waals surface area (Å²) in [6, 6.07) is 8.63. The highest BCUT2D eigenvalue weighted by Crippen LogP contribution is 2.26. The zero-order chi connectivity index (χ0) is 14.8. The van der Waals surface area contributed by atoms with Crippen molar-refractivity contribution >= 4 is 17.6 Å². The van der Waals surface area contributed by atoms with Crippen LogP contribution in [0.5, 0.6) is 0 Å². The van der Waals surface area contributed by atoms with Crippen LogP contribution in [0.4, 0.5) is 0 Å². The summed E-state index contributed by atoms with van der Waals surface area (Å²) >= 11 is 6.03. The van der Waals surface area contributed by atoms with Crippen molar-refractivity contribution in [2.75, 3.05) is 13.6 Å². The topological polar surface area (TPSA) is 41.6 Å². The van der Waals surface area contributed by atoms with Gasteiger partial charge < -0.3 is 10.6 Å². The second-order valence-corrected chi connectivity index (χ2v) is 6.92. The van der Waals surface area contributed by atoms with Gasteiger partial charge in [-0.05, 0) is 42.4 Å². The summed E-state index contributed by atoms with van der Waals surface area (Å²) in [4.78, 5) is 6.66. The van der Waals surface area contributed by atoms with Crippen LogP contribution in [0.2, 0.25) is 5.02 Å². The smallest absolute Gasteiger partial charge is 0.191 e. The predicted octanol–water partition coefficient (Wildman–Crippen LogP) is 3.32. The third-order valence-electron chi connectivity index (χ3n) is 3.70. The molecule has 1 saturated carbocycles. The highest BCUT2D eigenvalue weighted by Gasteiger charge is 2.27. The first-order valence-corrected chi connectivity index (χ1v) is 7.52. The van der Waals surface area contributed by atoms with E-state index in [4.69, 9.17) is 17.3 Å². The Morgan fingerprint density at radius 1 is 1.45 bits per heavy atom. The molecule has 0 saturated heterocycles. The highest BCUT2D eigenvalue weighted by molar-refractivity contribution is 6.30. The van der Waals surface area contributed by atoms with Gasteiger partial charge in [0, 0.05) is 24.7 Å². The first-order valence-electron chi connectivity index (χ1n) is 7.15. The number of nitrogens with two attached hydrogens (primary N) is 1. The number of hydrogen-bond acceptors (Lipinski definition) is 1. The summed E-state index contributed by atoms with van der Waals surface area (Å²) in [5, 5.41) is 0.787. The predicted molar refractivity (Wildman–Crippen MR) is 86.2 cm³/mol. The largest absolute Gasteiger partial charge is 0.370 e. The fourth-order valence-corrected chi connectivity index (χ4v) is 2.52. The number of halogens is 1. The van der Waals surface area contributed by atoms with Crippen LogP contribution in [0.3, 0.4) is 0 Å². The molecule has 1 aliphatic rings. The molecule has 0 atom stereocenters. The van der Waals surface area contributed by atoms with Gasteiger partial charge in [0.1, 0.15) is 0 Å². The molecule has 0 unspecified atom stereocenters. The molecular weight excluding hydrogens is 270 g/mol. The number of hydrogen-bond donors (Lipinski definition) is 1. The van der Waals surface area contributed by atoms with Gasteiger partial charge in [-0.25, -0.2) is 0 Å². The monoisotopic (exact) mass is 293 g/mol. The van der Waals surface area contributed by atoms with Crippen LogP contribution in [0.15, 0.2) is 29.3 Å². The van der Waals surface area contributed by atoms with E-state index in [0.29, 0.717) is 12.0 Å². The van der Waals surface area contributed by atoms with Gasteiger partial charge in [-0.3, -0.25) is 4.99 Å². The van der Waals surface area contributed by atoms with E-state index in [1.807, 2.05) is 25.2 Å². The second-order valence-electron chi connectivity index (χ2n) is 6.49. The van der Waals surface area contributed by atoms with E-state index in [0.717, 1.165) is 18.0 Å². The normalized spacial score (nSPS) is 16.3. The summed E-state index contributed by atoms with van der Waals surface area (Å²) in [6.07, 6.45) is 3.41. The fraction of sp³-hybridized carbons (Fsp3) is 0.562. The van der Waals surface area contributed by atoms with Gasteiger partial charge in [0.15, 0.2) is 5.96 Å². The molecule has 4 heteroatoms. The molecule has 20 heavy (non-hydrogen) atoms. The standard InChI is InChI=1S/C16H24ClN3/c1-16(2,10-12-5-4-6-13(17)9-12)11-19-15(18)20(3)14-7-8-14/h4-6,9,14H,7-8,10-11H2,1-3H3,(H2,18,19). The molecular formula is C16H24ClN3. The minimum atomic E-state index is 0.0691. The Kier molecular flexibility index (Phi) is 4.59. The number of benzene rings is 1. The van der Waals surface area contributed by atoms with Crippen LogP contribution in [0.1, 0.15) is 32.3 Å². The minimum absolute atomic E-state index is 0.0691. The highest BCUT2D eigenvalue weighted by atomic mass is 35.5. The van der Waals surface area contributed by atoms with Crippen LogP contribution >= 0.6 is 11.6 Å². The van der Waals surface area contributed by atoms with Crippen LogP contribution < -0.4 is 5.73 Å². The summed E-state index contributed by atoms with van der Waals surface area (Å²) in [5.74, 6) is 0.659. The Labute approximate surface area is 126 Å². The Balaban J connectivity index is 1.94. The first-order chi connectivity index (χ1) is 9.37. The quantitative estimate of drug-likeness (QED) is 0.668. The van der Waals surface area contributed by atoms with Crippen molar-refractivity contribution in [3.05, 3.63) is 34.9 Å². The first kappa shape index (κ1) is 15.2. The van der Waals surface area contributed by atoms with Crippen molar-refractivity contribution in [2.45, 2.75) is 39.2 Å². The number of rotatable bonds is 5. The fourth-order valence-electron chi connectivity index (χ4n) is 2.31. The average molecular weight is 294 g/mol. The molecule has 0 spiro atoms. The number of guanidine groups is 1. The molecule has 110 valence electrons. The molecule has 0 amide bonds. The molecule has 0 bridgehead atoms. The SMILES string of the molecule is CN(C(N)=NCC(C)(C)Cc1cccc(Cl)c1)C1CC1. The van der Waals surface area contributed by atoms with E-state index in [-0.39, 0.29) is 5.41 Å². The van der Waals surface area contributed by atoms with E-state index >= 15 is 0 Å². The molecule has 1 fully saturated rings. The summed E-state index contributed by atoms with van der Waals surface area (Å²) < 4.78 is 0. The lowest BCUT2D eigenvalue weighted by molar-refractivity contribution is 0.373. The molecule has 1 aromatic rings. The zero-order valence-electron chi connectivity index (χ0n) is 12.6. The Morgan fingerprint density at radius 2 is 2.15 bits per heavy atom. The molecule has 0 aliphatic heterocycles. The Morgan fingerprint density at radius 3 is 2.75 bits per heavy atom. The van der Waals surface area contributed by atoms with Gasteiger partial charge in [0.2, 0.25) is 0 Å². The van der Waals surface area contributed by atoms with Crippen LogP contribution in [0.25, 0.3) is 0 Å². The van der Waals surface area contributed by atoms with Crippen molar-refractivity contribution in [2.24, 2.45) is 16.1 Å². The third kappa shape index (κ3) is 4.41. The van der Waals surface area contributed by atoms with Crippen LogP contribution in [-0.2, 0) is 6.42 Å². The lowest BCUT2D eigenvalue weighted by Gasteiger charge is -2.24. The van der Waals surface area contributed by atoms with E-state index in [1.54, 1.807) is 0 Å². The minimum Gasteiger partial charge on any atom is -0.370 e. The molecule has 0 radical (unpaired) electrons. The van der Waals surface area contributed by atoms with Gasteiger partial charge in [0.25, 0.3) is 0 Å². The van der Waals surface area contributed by atoms with E-state index in [9.17, 15) is 0 Å². The molecule has 1 aromatic carbocycles. The summed E-state index contributed by atoms with van der Waals surface area (Å²) in [7, 11) is 2.03. The van der Waals surface area contributed by atoms with Gasteiger partial charge >= 0.3 is 0 Å². The zero-order valence-corrected chi connectivity index (χ0v) is 13.3. The maximum Gasteiger partial charge on any atom is 0.191 e. The molecule has 3 nitrogen and oxygen atoms in total. The van der Waals surface area contributed by atoms with Gasteiger partial charge in [0.05, 0.1) is 0 Å². The lowest BCUT2D eigenvalue weighted by Crippen LogP contribution is -2.36. The molecule has 2 N–H and O–H groups in total. The van der Waals surface area contributed by atoms with Crippen molar-refractivity contribution in [1.82, 2.24) is 4.90 Å². The summed E-state index contributed by atoms with van der Waals surface area (Å²) in [5.41, 5.74) is 7.35. The maximum atomic E-state index is 6.04. The molecule has 1 aliphatic carbocycles. The van der Waals surface area contributed by atoms with Crippen molar-refractivity contribution in [3.63, 3.8) is 0 Å². The van der Waals surface area contributed by atoms with Gasteiger partial charge in [-0.15, -0.1) is 0 Å².